The Kier molecular flexibility index (Phi) is 11.0. The predicted octanol–water partition coefficient (Wildman–Crippen LogP) is 4.80. The summed E-state index contributed by atoms with van der Waals surface area (Å²) in [6.45, 7) is 12.4. The Hall–Kier alpha value is -3.97. The fourth-order valence-electron chi connectivity index (χ4n) is 4.38. The van der Waals surface area contributed by atoms with E-state index < -0.39 is 64.2 Å². The number of aryl methyl sites for hydroxylation is 2. The number of benzene rings is 2. The Morgan fingerprint density at radius 1 is 0.978 bits per heavy atom. The highest BCUT2D eigenvalue weighted by Crippen LogP contribution is 2.32. The van der Waals surface area contributed by atoms with Gasteiger partial charge in [0, 0.05) is 6.42 Å². The molecule has 1 heterocycles. The zero-order valence-electron chi connectivity index (χ0n) is 27.0. The molecule has 0 radical (unpaired) electrons. The van der Waals surface area contributed by atoms with Gasteiger partial charge in [-0.05, 0) is 97.6 Å². The lowest BCUT2D eigenvalue weighted by Crippen LogP contribution is -2.52. The highest BCUT2D eigenvalue weighted by atomic mass is 32.2. The number of esters is 2. The first-order valence-electron chi connectivity index (χ1n) is 14.6. The van der Waals surface area contributed by atoms with Crippen LogP contribution >= 0.6 is 0 Å². The summed E-state index contributed by atoms with van der Waals surface area (Å²) >= 11 is 0. The Morgan fingerprint density at radius 2 is 1.64 bits per heavy atom. The van der Waals surface area contributed by atoms with Crippen molar-refractivity contribution in [3.05, 3.63) is 58.7 Å². The molecule has 1 amide bonds. The number of carbonyl (C=O) groups excluding carboxylic acids is 4. The van der Waals surface area contributed by atoms with Gasteiger partial charge in [-0.25, -0.2) is 9.59 Å². The van der Waals surface area contributed by atoms with E-state index >= 15 is 0 Å². The smallest absolute Gasteiger partial charge is 0.425 e. The number of Topliss-reactive ketones (excluding diaryl/α,β-unsaturated/α-hetero) is 1. The van der Waals surface area contributed by atoms with Gasteiger partial charge in [-0.1, -0.05) is 23.8 Å². The van der Waals surface area contributed by atoms with Crippen LogP contribution in [0.5, 0.6) is 11.5 Å². The van der Waals surface area contributed by atoms with Crippen molar-refractivity contribution in [3.63, 3.8) is 0 Å². The van der Waals surface area contributed by atoms with E-state index in [1.807, 2.05) is 19.1 Å². The van der Waals surface area contributed by atoms with Crippen LogP contribution in [0.4, 0.5) is 4.79 Å². The van der Waals surface area contributed by atoms with Crippen molar-refractivity contribution < 1.29 is 46.5 Å². The molecular formula is C32H42N2O10S. The van der Waals surface area contributed by atoms with Crippen LogP contribution in [-0.4, -0.2) is 60.4 Å². The monoisotopic (exact) mass is 646 g/mol. The number of nitrogens with zero attached hydrogens (tertiary/aromatic N) is 1. The molecule has 13 heteroatoms. The number of ether oxygens (including phenoxy) is 4. The van der Waals surface area contributed by atoms with Crippen LogP contribution in [0.3, 0.4) is 0 Å². The van der Waals surface area contributed by atoms with Crippen LogP contribution in [0, 0.1) is 6.92 Å². The molecule has 0 saturated heterocycles. The molecule has 12 nitrogen and oxygen atoms in total. The van der Waals surface area contributed by atoms with Crippen molar-refractivity contribution in [2.75, 3.05) is 6.61 Å². The highest BCUT2D eigenvalue weighted by Gasteiger charge is 2.37. The number of hydrogen-bond donors (Lipinski definition) is 1. The van der Waals surface area contributed by atoms with Gasteiger partial charge in [-0.15, -0.1) is 0 Å². The standard InChI is InChI=1S/C32H42N2O10S/c1-20-11-13-24-23(16-20)10-9-15-41-26-14-12-22(18-27(26)42-28(24)36)19-34(30(38)44-32(6,7)8)45(39,40)33-25(17-21(2)35)29(37)43-31(3,4)5/h11-14,16,18,25,33H,9-10,15,17,19H2,1-8H3/t25-/m0/s1. The third kappa shape index (κ3) is 10.6. The Bertz CT molecular complexity index is 1550. The van der Waals surface area contributed by atoms with Gasteiger partial charge in [0.15, 0.2) is 11.5 Å². The normalized spacial score (nSPS) is 14.5. The summed E-state index contributed by atoms with van der Waals surface area (Å²) in [5, 5.41) is 0. The molecule has 1 N–H and O–H groups in total. The van der Waals surface area contributed by atoms with E-state index in [4.69, 9.17) is 18.9 Å². The first kappa shape index (κ1) is 35.5. The third-order valence-corrected chi connectivity index (χ3v) is 7.67. The summed E-state index contributed by atoms with van der Waals surface area (Å²) in [6.07, 6.45) is -0.495. The van der Waals surface area contributed by atoms with Crippen LogP contribution in [0.2, 0.25) is 0 Å². The zero-order chi connectivity index (χ0) is 33.7. The fraction of sp³-hybridized carbons (Fsp3) is 0.500. The van der Waals surface area contributed by atoms with Gasteiger partial charge in [0.05, 0.1) is 18.7 Å². The zero-order valence-corrected chi connectivity index (χ0v) is 27.8. The minimum Gasteiger partial charge on any atom is -0.490 e. The molecule has 0 unspecified atom stereocenters. The molecule has 0 aromatic heterocycles. The largest absolute Gasteiger partial charge is 0.490 e. The van der Waals surface area contributed by atoms with Crippen molar-refractivity contribution in [3.8, 4) is 11.5 Å². The minimum absolute atomic E-state index is 0.0311. The van der Waals surface area contributed by atoms with Crippen LogP contribution in [0.15, 0.2) is 36.4 Å². The third-order valence-electron chi connectivity index (χ3n) is 6.23. The molecule has 0 saturated carbocycles. The average Bonchev–Trinajstić information content (AvgIpc) is 2.87. The average molecular weight is 647 g/mol. The van der Waals surface area contributed by atoms with Gasteiger partial charge in [0.2, 0.25) is 0 Å². The van der Waals surface area contributed by atoms with Crippen molar-refractivity contribution >= 4 is 34.0 Å². The molecular weight excluding hydrogens is 604 g/mol. The van der Waals surface area contributed by atoms with Gasteiger partial charge in [-0.2, -0.15) is 17.4 Å². The van der Waals surface area contributed by atoms with Crippen LogP contribution in [0.25, 0.3) is 0 Å². The maximum absolute atomic E-state index is 13.7. The minimum atomic E-state index is -4.82. The first-order valence-corrected chi connectivity index (χ1v) is 16.0. The molecule has 2 aromatic rings. The number of rotatable bonds is 8. The summed E-state index contributed by atoms with van der Waals surface area (Å²) in [7, 11) is -4.82. The predicted molar refractivity (Wildman–Crippen MR) is 165 cm³/mol. The lowest BCUT2D eigenvalue weighted by molar-refractivity contribution is -0.157. The fourth-order valence-corrected chi connectivity index (χ4v) is 5.60. The first-order chi connectivity index (χ1) is 20.7. The molecule has 1 atom stereocenters. The second kappa shape index (κ2) is 14.0. The number of amides is 1. The van der Waals surface area contributed by atoms with Crippen LogP contribution in [0.1, 0.15) is 88.4 Å². The maximum atomic E-state index is 13.7. The number of hydrogen-bond acceptors (Lipinski definition) is 10. The SMILES string of the molecule is CC(=O)C[C@H](NS(=O)(=O)N(Cc1ccc2c(c1)OC(=O)c1ccc(C)cc1CCCO2)C(=O)OC(C)(C)C)C(=O)OC(C)(C)C. The molecule has 0 spiro atoms. The molecule has 0 bridgehead atoms. The van der Waals surface area contributed by atoms with Gasteiger partial charge in [0.1, 0.15) is 23.0 Å². The summed E-state index contributed by atoms with van der Waals surface area (Å²) < 4.78 is 52.2. The lowest BCUT2D eigenvalue weighted by atomic mass is 10.0. The van der Waals surface area contributed by atoms with Crippen molar-refractivity contribution in [2.24, 2.45) is 0 Å². The molecule has 1 aliphatic rings. The van der Waals surface area contributed by atoms with Gasteiger partial charge < -0.3 is 18.9 Å². The summed E-state index contributed by atoms with van der Waals surface area (Å²) in [5.74, 6) is -1.79. The Morgan fingerprint density at radius 3 is 2.27 bits per heavy atom. The van der Waals surface area contributed by atoms with E-state index in [1.165, 1.54) is 25.1 Å². The number of ketones is 1. The van der Waals surface area contributed by atoms with E-state index in [-0.39, 0.29) is 17.1 Å². The van der Waals surface area contributed by atoms with Crippen molar-refractivity contribution in [1.29, 1.82) is 0 Å². The topological polar surface area (TPSA) is 155 Å². The second-order valence-electron chi connectivity index (χ2n) is 12.9. The summed E-state index contributed by atoms with van der Waals surface area (Å²) in [6, 6.07) is 8.25. The van der Waals surface area contributed by atoms with Crippen molar-refractivity contribution in [1.82, 2.24) is 9.03 Å². The quantitative estimate of drug-likeness (QED) is 0.312. The van der Waals surface area contributed by atoms with E-state index in [1.54, 1.807) is 47.6 Å². The van der Waals surface area contributed by atoms with Gasteiger partial charge in [0.25, 0.3) is 0 Å². The van der Waals surface area contributed by atoms with E-state index in [0.717, 1.165) is 11.1 Å². The van der Waals surface area contributed by atoms with E-state index in [9.17, 15) is 27.6 Å². The molecule has 0 aliphatic carbocycles. The second-order valence-corrected chi connectivity index (χ2v) is 14.5. The van der Waals surface area contributed by atoms with Crippen LogP contribution in [-0.2, 0) is 42.2 Å². The Balaban J connectivity index is 1.99. The maximum Gasteiger partial charge on any atom is 0.425 e. The summed E-state index contributed by atoms with van der Waals surface area (Å²) in [5.41, 5.74) is 0.410. The van der Waals surface area contributed by atoms with Gasteiger partial charge in [-0.3, -0.25) is 9.59 Å². The molecule has 3 rings (SSSR count). The number of nitrogens with one attached hydrogen (secondary N) is 1. The van der Waals surface area contributed by atoms with Crippen LogP contribution < -0.4 is 14.2 Å². The lowest BCUT2D eigenvalue weighted by Gasteiger charge is -2.29. The highest BCUT2D eigenvalue weighted by molar-refractivity contribution is 7.87. The van der Waals surface area contributed by atoms with E-state index in [2.05, 4.69) is 4.72 Å². The molecule has 45 heavy (non-hydrogen) atoms. The molecule has 2 aromatic carbocycles. The molecule has 1 aliphatic heterocycles. The Labute approximate surface area is 264 Å². The van der Waals surface area contributed by atoms with E-state index in [0.29, 0.717) is 29.3 Å². The molecule has 246 valence electrons. The number of carbonyl (C=O) groups is 4. The number of fused-ring (bicyclic) bond motifs is 2. The van der Waals surface area contributed by atoms with Crippen molar-refractivity contribution in [2.45, 2.75) is 98.4 Å². The van der Waals surface area contributed by atoms with Gasteiger partial charge >= 0.3 is 28.2 Å². The summed E-state index contributed by atoms with van der Waals surface area (Å²) in [4.78, 5) is 51.3. The molecule has 0 fully saturated rings.